The third kappa shape index (κ3) is 3.91. The highest BCUT2D eigenvalue weighted by Gasteiger charge is 2.39. The van der Waals surface area contributed by atoms with Crippen molar-refractivity contribution in [2.45, 2.75) is 38.8 Å². The van der Waals surface area contributed by atoms with Gasteiger partial charge in [-0.25, -0.2) is 0 Å². The molecule has 1 heterocycles. The van der Waals surface area contributed by atoms with E-state index in [1.54, 1.807) is 6.92 Å². The molecule has 1 rings (SSSR count). The highest BCUT2D eigenvalue weighted by Crippen LogP contribution is 2.21. The van der Waals surface area contributed by atoms with Crippen molar-refractivity contribution in [3.05, 3.63) is 0 Å². The second kappa shape index (κ2) is 6.46. The molecule has 0 spiro atoms. The monoisotopic (exact) mass is 280 g/mol. The summed E-state index contributed by atoms with van der Waals surface area (Å²) in [5, 5.41) is 9.08. The fourth-order valence-electron chi connectivity index (χ4n) is 1.81. The Morgan fingerprint density at radius 1 is 1.61 bits per heavy atom. The van der Waals surface area contributed by atoms with Crippen LogP contribution in [-0.2, 0) is 19.7 Å². The van der Waals surface area contributed by atoms with Crippen LogP contribution in [0.3, 0.4) is 0 Å². The molecule has 18 heavy (non-hydrogen) atoms. The number of rotatable bonds is 6. The number of aliphatic hydroxyl groups excluding tert-OH is 1. The Bertz CT molecular complexity index is 382. The van der Waals surface area contributed by atoms with Crippen molar-refractivity contribution in [2.75, 3.05) is 19.7 Å². The maximum Gasteiger partial charge on any atom is 0.324 e. The average Bonchev–Trinajstić information content (AvgIpc) is 2.76. The van der Waals surface area contributed by atoms with Crippen molar-refractivity contribution in [1.82, 2.24) is 9.03 Å². The third-order valence-corrected chi connectivity index (χ3v) is 4.22. The Hall–Kier alpha value is -0.700. The third-order valence-electron chi connectivity index (χ3n) is 2.63. The summed E-state index contributed by atoms with van der Waals surface area (Å²) in [5.74, 6) is -0.516. The van der Waals surface area contributed by atoms with Gasteiger partial charge in [0.1, 0.15) is 6.04 Å². The highest BCUT2D eigenvalue weighted by molar-refractivity contribution is 7.87. The Labute approximate surface area is 107 Å². The quantitative estimate of drug-likeness (QED) is 0.623. The smallest absolute Gasteiger partial charge is 0.324 e. The number of hydrogen-bond acceptors (Lipinski definition) is 5. The lowest BCUT2D eigenvalue weighted by atomic mass is 10.2. The van der Waals surface area contributed by atoms with Gasteiger partial charge in [-0.15, -0.1) is 0 Å². The van der Waals surface area contributed by atoms with E-state index in [0.29, 0.717) is 19.4 Å². The summed E-state index contributed by atoms with van der Waals surface area (Å²) in [6.07, 6.45) is 0.316. The van der Waals surface area contributed by atoms with Crippen molar-refractivity contribution in [1.29, 1.82) is 0 Å². The van der Waals surface area contributed by atoms with E-state index in [1.165, 1.54) is 6.92 Å². The van der Waals surface area contributed by atoms with Crippen LogP contribution in [0, 0.1) is 0 Å². The van der Waals surface area contributed by atoms with Gasteiger partial charge in [0, 0.05) is 13.1 Å². The van der Waals surface area contributed by atoms with Crippen LogP contribution in [0.5, 0.6) is 0 Å². The molecule has 1 saturated heterocycles. The molecule has 0 aliphatic carbocycles. The van der Waals surface area contributed by atoms with E-state index >= 15 is 0 Å². The molecule has 2 atom stereocenters. The second-order valence-corrected chi connectivity index (χ2v) is 5.93. The van der Waals surface area contributed by atoms with Crippen LogP contribution in [0.2, 0.25) is 0 Å². The van der Waals surface area contributed by atoms with Crippen LogP contribution >= 0.6 is 0 Å². The van der Waals surface area contributed by atoms with E-state index in [9.17, 15) is 13.2 Å². The highest BCUT2D eigenvalue weighted by atomic mass is 32.2. The molecule has 0 aromatic carbocycles. The molecule has 0 aromatic heterocycles. The van der Waals surface area contributed by atoms with Crippen LogP contribution in [0.25, 0.3) is 0 Å². The first-order chi connectivity index (χ1) is 8.38. The SMILES string of the molecule is CCOC(=O)C1CCCN1S(=O)(=O)NC[C@H](C)O. The molecule has 1 aliphatic rings. The Morgan fingerprint density at radius 3 is 2.83 bits per heavy atom. The minimum Gasteiger partial charge on any atom is -0.465 e. The fraction of sp³-hybridized carbons (Fsp3) is 0.900. The summed E-state index contributed by atoms with van der Waals surface area (Å²) in [6, 6.07) is -0.753. The van der Waals surface area contributed by atoms with Crippen LogP contribution in [0.15, 0.2) is 0 Å². The average molecular weight is 280 g/mol. The van der Waals surface area contributed by atoms with E-state index in [4.69, 9.17) is 9.84 Å². The predicted octanol–water partition coefficient (Wildman–Crippen LogP) is -0.771. The van der Waals surface area contributed by atoms with Gasteiger partial charge < -0.3 is 9.84 Å². The number of nitrogens with zero attached hydrogens (tertiary/aromatic N) is 1. The van der Waals surface area contributed by atoms with E-state index in [2.05, 4.69) is 4.72 Å². The van der Waals surface area contributed by atoms with Gasteiger partial charge >= 0.3 is 5.97 Å². The van der Waals surface area contributed by atoms with E-state index in [-0.39, 0.29) is 13.2 Å². The first-order valence-electron chi connectivity index (χ1n) is 5.99. The molecule has 0 amide bonds. The Balaban J connectivity index is 2.71. The normalized spacial score (nSPS) is 22.9. The molecule has 0 radical (unpaired) electrons. The Morgan fingerprint density at radius 2 is 2.28 bits per heavy atom. The van der Waals surface area contributed by atoms with Crippen LogP contribution in [0.1, 0.15) is 26.7 Å². The largest absolute Gasteiger partial charge is 0.465 e. The number of hydrogen-bond donors (Lipinski definition) is 2. The van der Waals surface area contributed by atoms with Crippen molar-refractivity contribution < 1.29 is 23.1 Å². The minimum atomic E-state index is -3.75. The molecule has 2 N–H and O–H groups in total. The lowest BCUT2D eigenvalue weighted by molar-refractivity contribution is -0.146. The molecule has 0 saturated carbocycles. The van der Waals surface area contributed by atoms with E-state index in [1.807, 2.05) is 0 Å². The molecule has 106 valence electrons. The number of nitrogens with one attached hydrogen (secondary N) is 1. The molecule has 1 aliphatic heterocycles. The number of ether oxygens (including phenoxy) is 1. The summed E-state index contributed by atoms with van der Waals surface area (Å²) in [6.45, 7) is 3.60. The van der Waals surface area contributed by atoms with Gasteiger partial charge in [-0.05, 0) is 26.7 Å². The molecule has 0 aromatic rings. The van der Waals surface area contributed by atoms with Crippen LogP contribution in [0.4, 0.5) is 0 Å². The summed E-state index contributed by atoms with van der Waals surface area (Å²) in [5.41, 5.74) is 0. The van der Waals surface area contributed by atoms with Crippen molar-refractivity contribution >= 4 is 16.2 Å². The lowest BCUT2D eigenvalue weighted by Crippen LogP contribution is -2.48. The Kier molecular flexibility index (Phi) is 5.51. The van der Waals surface area contributed by atoms with Gasteiger partial charge in [0.25, 0.3) is 10.2 Å². The molecular weight excluding hydrogens is 260 g/mol. The van der Waals surface area contributed by atoms with Crippen LogP contribution < -0.4 is 4.72 Å². The zero-order valence-corrected chi connectivity index (χ0v) is 11.4. The second-order valence-electron chi connectivity index (χ2n) is 4.22. The zero-order valence-electron chi connectivity index (χ0n) is 10.6. The number of aliphatic hydroxyl groups is 1. The fourth-order valence-corrected chi connectivity index (χ4v) is 3.32. The first kappa shape index (κ1) is 15.4. The number of carbonyl (C=O) groups excluding carboxylic acids is 1. The molecule has 8 heteroatoms. The van der Waals surface area contributed by atoms with Gasteiger partial charge in [0.15, 0.2) is 0 Å². The van der Waals surface area contributed by atoms with Crippen LogP contribution in [-0.4, -0.2) is 55.6 Å². The number of carbonyl (C=O) groups is 1. The minimum absolute atomic E-state index is 0.0750. The standard InChI is InChI=1S/C10H20N2O5S/c1-3-17-10(14)9-5-4-6-12(9)18(15,16)11-7-8(2)13/h8-9,11,13H,3-7H2,1-2H3/t8-,9?/m0/s1. The summed E-state index contributed by atoms with van der Waals surface area (Å²) in [7, 11) is -3.75. The van der Waals surface area contributed by atoms with Crippen molar-refractivity contribution in [3.8, 4) is 0 Å². The van der Waals surface area contributed by atoms with Crippen molar-refractivity contribution in [3.63, 3.8) is 0 Å². The topological polar surface area (TPSA) is 95.9 Å². The van der Waals surface area contributed by atoms with Gasteiger partial charge in [0.2, 0.25) is 0 Å². The molecule has 1 unspecified atom stereocenters. The molecule has 0 bridgehead atoms. The number of esters is 1. The molecular formula is C10H20N2O5S. The first-order valence-corrected chi connectivity index (χ1v) is 7.43. The summed E-state index contributed by atoms with van der Waals surface area (Å²) in [4.78, 5) is 11.6. The lowest BCUT2D eigenvalue weighted by Gasteiger charge is -2.23. The molecule has 1 fully saturated rings. The maximum atomic E-state index is 12.0. The van der Waals surface area contributed by atoms with E-state index < -0.39 is 28.3 Å². The van der Waals surface area contributed by atoms with Gasteiger partial charge in [-0.1, -0.05) is 0 Å². The van der Waals surface area contributed by atoms with E-state index in [0.717, 1.165) is 4.31 Å². The van der Waals surface area contributed by atoms with Crippen molar-refractivity contribution in [2.24, 2.45) is 0 Å². The zero-order chi connectivity index (χ0) is 13.8. The summed E-state index contributed by atoms with van der Waals surface area (Å²) < 4.78 is 32.1. The van der Waals surface area contributed by atoms with Gasteiger partial charge in [-0.2, -0.15) is 17.4 Å². The summed E-state index contributed by atoms with van der Waals surface area (Å²) >= 11 is 0. The predicted molar refractivity (Wildman–Crippen MR) is 65.0 cm³/mol. The maximum absolute atomic E-state index is 12.0. The molecule has 7 nitrogen and oxygen atoms in total. The van der Waals surface area contributed by atoms with Gasteiger partial charge in [0.05, 0.1) is 12.7 Å². The van der Waals surface area contributed by atoms with Gasteiger partial charge in [-0.3, -0.25) is 4.79 Å².